The maximum atomic E-state index is 10.4. The van der Waals surface area contributed by atoms with Crippen LogP contribution >= 0.6 is 0 Å². The standard InChI is InChI=1S/C5H9N2O3/c6-4(9)3-5(10)7-1-2-8/h3,8H,1-2H2,(H2,6,9)(H,7,10). The minimum atomic E-state index is -0.796. The van der Waals surface area contributed by atoms with Crippen molar-refractivity contribution in [1.29, 1.82) is 0 Å². The SMILES string of the molecule is NC(=O)[CH]C(=O)NCCO. The van der Waals surface area contributed by atoms with E-state index in [-0.39, 0.29) is 13.2 Å². The van der Waals surface area contributed by atoms with Crippen LogP contribution in [-0.4, -0.2) is 30.1 Å². The smallest absolute Gasteiger partial charge is 0.234 e. The molecule has 0 atom stereocenters. The lowest BCUT2D eigenvalue weighted by Crippen LogP contribution is -2.31. The second-order valence-corrected chi connectivity index (χ2v) is 1.56. The summed E-state index contributed by atoms with van der Waals surface area (Å²) in [6, 6.07) is 0. The zero-order chi connectivity index (χ0) is 7.98. The Hall–Kier alpha value is -1.10. The highest BCUT2D eigenvalue weighted by Gasteiger charge is 2.03. The summed E-state index contributed by atoms with van der Waals surface area (Å²) in [7, 11) is 0. The van der Waals surface area contributed by atoms with E-state index >= 15 is 0 Å². The molecule has 0 aromatic rings. The number of aliphatic hydroxyl groups excluding tert-OH is 1. The molecule has 0 fully saturated rings. The summed E-state index contributed by atoms with van der Waals surface area (Å²) in [6.07, 6.45) is 0.718. The summed E-state index contributed by atoms with van der Waals surface area (Å²) in [5.41, 5.74) is 4.65. The van der Waals surface area contributed by atoms with Gasteiger partial charge in [0, 0.05) is 6.54 Å². The van der Waals surface area contributed by atoms with Gasteiger partial charge in [-0.3, -0.25) is 9.59 Å². The molecule has 10 heavy (non-hydrogen) atoms. The van der Waals surface area contributed by atoms with Gasteiger partial charge in [-0.05, 0) is 0 Å². The molecule has 2 amide bonds. The van der Waals surface area contributed by atoms with Crippen LogP contribution in [0.4, 0.5) is 0 Å². The molecule has 1 radical (unpaired) electrons. The second-order valence-electron chi connectivity index (χ2n) is 1.56. The Bertz CT molecular complexity index is 135. The van der Waals surface area contributed by atoms with E-state index in [0.717, 1.165) is 6.42 Å². The zero-order valence-electron chi connectivity index (χ0n) is 5.33. The van der Waals surface area contributed by atoms with Gasteiger partial charge in [0.1, 0.15) is 6.42 Å². The third kappa shape index (κ3) is 5.04. The van der Waals surface area contributed by atoms with Crippen LogP contribution in [-0.2, 0) is 9.59 Å². The molecule has 4 N–H and O–H groups in total. The highest BCUT2D eigenvalue weighted by Crippen LogP contribution is 1.72. The maximum absolute atomic E-state index is 10.4. The van der Waals surface area contributed by atoms with Crippen LogP contribution in [0.1, 0.15) is 0 Å². The van der Waals surface area contributed by atoms with Crippen LogP contribution in [0, 0.1) is 6.42 Å². The van der Waals surface area contributed by atoms with Crippen LogP contribution in [0.5, 0.6) is 0 Å². The van der Waals surface area contributed by atoms with E-state index in [2.05, 4.69) is 11.1 Å². The molecule has 0 saturated heterocycles. The average molecular weight is 145 g/mol. The van der Waals surface area contributed by atoms with Crippen LogP contribution in [0.3, 0.4) is 0 Å². The largest absolute Gasteiger partial charge is 0.395 e. The predicted molar refractivity (Wildman–Crippen MR) is 33.6 cm³/mol. The van der Waals surface area contributed by atoms with Crippen molar-refractivity contribution in [2.75, 3.05) is 13.2 Å². The molecule has 0 aliphatic rings. The first kappa shape index (κ1) is 8.90. The summed E-state index contributed by atoms with van der Waals surface area (Å²) in [5.74, 6) is -1.38. The van der Waals surface area contributed by atoms with E-state index < -0.39 is 11.8 Å². The fraction of sp³-hybridized carbons (Fsp3) is 0.400. The van der Waals surface area contributed by atoms with E-state index in [9.17, 15) is 9.59 Å². The van der Waals surface area contributed by atoms with Gasteiger partial charge in [-0.2, -0.15) is 0 Å². The monoisotopic (exact) mass is 145 g/mol. The quantitative estimate of drug-likeness (QED) is 0.391. The van der Waals surface area contributed by atoms with E-state index in [1.165, 1.54) is 0 Å². The Labute approximate surface area is 58.2 Å². The summed E-state index contributed by atoms with van der Waals surface area (Å²) in [6.45, 7) is -0.0268. The van der Waals surface area contributed by atoms with Gasteiger partial charge >= 0.3 is 0 Å². The van der Waals surface area contributed by atoms with Crippen molar-refractivity contribution in [3.8, 4) is 0 Å². The van der Waals surface area contributed by atoms with Gasteiger partial charge in [0.05, 0.1) is 6.61 Å². The van der Waals surface area contributed by atoms with Crippen LogP contribution in [0.25, 0.3) is 0 Å². The fourth-order valence-corrected chi connectivity index (χ4v) is 0.359. The van der Waals surface area contributed by atoms with Crippen molar-refractivity contribution in [3.63, 3.8) is 0 Å². The molecule has 0 saturated carbocycles. The number of aliphatic hydroxyl groups is 1. The van der Waals surface area contributed by atoms with Gasteiger partial charge in [0.15, 0.2) is 0 Å². The fourth-order valence-electron chi connectivity index (χ4n) is 0.359. The molecular formula is C5H9N2O3. The average Bonchev–Trinajstić information content (AvgIpc) is 1.82. The Kier molecular flexibility index (Phi) is 4.23. The summed E-state index contributed by atoms with van der Waals surface area (Å²) >= 11 is 0. The number of nitrogens with two attached hydrogens (primary N) is 1. The van der Waals surface area contributed by atoms with Gasteiger partial charge < -0.3 is 16.2 Å². The van der Waals surface area contributed by atoms with Crippen molar-refractivity contribution in [3.05, 3.63) is 6.42 Å². The highest BCUT2D eigenvalue weighted by atomic mass is 16.3. The van der Waals surface area contributed by atoms with Crippen molar-refractivity contribution < 1.29 is 14.7 Å². The number of hydrogen-bond donors (Lipinski definition) is 3. The van der Waals surface area contributed by atoms with Gasteiger partial charge in [-0.25, -0.2) is 0 Å². The molecule has 0 aromatic heterocycles. The molecule has 0 bridgehead atoms. The number of primary amides is 1. The summed E-state index contributed by atoms with van der Waals surface area (Å²) < 4.78 is 0. The topological polar surface area (TPSA) is 92.4 Å². The van der Waals surface area contributed by atoms with E-state index in [1.54, 1.807) is 0 Å². The number of hydrogen-bond acceptors (Lipinski definition) is 3. The van der Waals surface area contributed by atoms with Gasteiger partial charge in [-0.1, -0.05) is 0 Å². The molecule has 0 aliphatic carbocycles. The molecule has 0 unspecified atom stereocenters. The lowest BCUT2D eigenvalue weighted by molar-refractivity contribution is -0.122. The Morgan fingerprint density at radius 2 is 2.20 bits per heavy atom. The molecule has 5 nitrogen and oxygen atoms in total. The van der Waals surface area contributed by atoms with Crippen molar-refractivity contribution >= 4 is 11.8 Å². The lowest BCUT2D eigenvalue weighted by atomic mass is 10.4. The molecule has 0 aromatic carbocycles. The Morgan fingerprint density at radius 3 is 2.60 bits per heavy atom. The number of carbonyl (C=O) groups is 2. The second kappa shape index (κ2) is 4.75. The van der Waals surface area contributed by atoms with Crippen molar-refractivity contribution in [2.24, 2.45) is 5.73 Å². The summed E-state index contributed by atoms with van der Waals surface area (Å²) in [5, 5.41) is 10.4. The first-order valence-corrected chi connectivity index (χ1v) is 2.69. The lowest BCUT2D eigenvalue weighted by Gasteiger charge is -1.97. The predicted octanol–water partition coefficient (Wildman–Crippen LogP) is -2.22. The van der Waals surface area contributed by atoms with Gasteiger partial charge in [0.2, 0.25) is 11.8 Å². The minimum absolute atomic E-state index is 0.128. The van der Waals surface area contributed by atoms with Crippen LogP contribution in [0.15, 0.2) is 0 Å². The number of nitrogens with one attached hydrogen (secondary N) is 1. The van der Waals surface area contributed by atoms with Gasteiger partial charge in [-0.15, -0.1) is 0 Å². The van der Waals surface area contributed by atoms with Crippen LogP contribution in [0.2, 0.25) is 0 Å². The number of rotatable bonds is 4. The van der Waals surface area contributed by atoms with E-state index in [4.69, 9.17) is 5.11 Å². The molecular weight excluding hydrogens is 136 g/mol. The minimum Gasteiger partial charge on any atom is -0.395 e. The summed E-state index contributed by atoms with van der Waals surface area (Å²) in [4.78, 5) is 20.4. The number of amides is 2. The normalized spacial score (nSPS) is 8.90. The third-order valence-corrected chi connectivity index (χ3v) is 0.684. The van der Waals surface area contributed by atoms with Crippen LogP contribution < -0.4 is 11.1 Å². The Balaban J connectivity index is 3.35. The Morgan fingerprint density at radius 1 is 1.60 bits per heavy atom. The van der Waals surface area contributed by atoms with Crippen molar-refractivity contribution in [2.45, 2.75) is 0 Å². The van der Waals surface area contributed by atoms with E-state index in [1.807, 2.05) is 0 Å². The molecule has 5 heteroatoms. The van der Waals surface area contributed by atoms with Crippen molar-refractivity contribution in [1.82, 2.24) is 5.32 Å². The highest BCUT2D eigenvalue weighted by molar-refractivity contribution is 6.07. The molecule has 0 spiro atoms. The molecule has 0 rings (SSSR count). The molecule has 57 valence electrons. The zero-order valence-corrected chi connectivity index (χ0v) is 5.33. The molecule has 0 heterocycles. The van der Waals surface area contributed by atoms with E-state index in [0.29, 0.717) is 0 Å². The number of carbonyl (C=O) groups excluding carboxylic acids is 2. The first-order chi connectivity index (χ1) is 4.66. The van der Waals surface area contributed by atoms with Gasteiger partial charge in [0.25, 0.3) is 0 Å². The first-order valence-electron chi connectivity index (χ1n) is 2.69. The molecule has 0 aliphatic heterocycles. The third-order valence-electron chi connectivity index (χ3n) is 0.684. The maximum Gasteiger partial charge on any atom is 0.234 e.